The summed E-state index contributed by atoms with van der Waals surface area (Å²) in [6, 6.07) is 12.2. The van der Waals surface area contributed by atoms with Crippen molar-refractivity contribution < 1.29 is 22.7 Å². The molecule has 1 atom stereocenters. The smallest absolute Gasteiger partial charge is 0.252 e. The minimum Gasteiger partial charge on any atom is -0.493 e. The monoisotopic (exact) mass is 487 g/mol. The number of aromatic nitrogens is 1. The van der Waals surface area contributed by atoms with Crippen molar-refractivity contribution in [1.82, 2.24) is 9.29 Å². The number of anilines is 1. The third kappa shape index (κ3) is 5.35. The van der Waals surface area contributed by atoms with E-state index in [1.54, 1.807) is 36.8 Å². The highest BCUT2D eigenvalue weighted by Gasteiger charge is 2.33. The molecule has 8 nitrogen and oxygen atoms in total. The van der Waals surface area contributed by atoms with E-state index in [1.807, 2.05) is 25.1 Å². The van der Waals surface area contributed by atoms with Gasteiger partial charge in [0.25, 0.3) is 10.0 Å². The molecule has 3 aromatic rings. The van der Waals surface area contributed by atoms with Crippen LogP contribution in [0, 0.1) is 12.8 Å². The molecule has 1 fully saturated rings. The van der Waals surface area contributed by atoms with Gasteiger partial charge in [-0.1, -0.05) is 12.1 Å². The van der Waals surface area contributed by atoms with Gasteiger partial charge in [0.2, 0.25) is 11.8 Å². The van der Waals surface area contributed by atoms with E-state index in [9.17, 15) is 13.2 Å². The molecule has 1 saturated heterocycles. The predicted molar refractivity (Wildman–Crippen MR) is 126 cm³/mol. The summed E-state index contributed by atoms with van der Waals surface area (Å²) in [6.07, 6.45) is 2.77. The average Bonchev–Trinajstić information content (AvgIpc) is 3.37. The maximum absolute atomic E-state index is 12.8. The zero-order chi connectivity index (χ0) is 23.4. The van der Waals surface area contributed by atoms with Crippen molar-refractivity contribution in [3.63, 3.8) is 0 Å². The Morgan fingerprint density at radius 2 is 2.06 bits per heavy atom. The third-order valence-electron chi connectivity index (χ3n) is 5.38. The number of carbonyl (C=O) groups is 1. The summed E-state index contributed by atoms with van der Waals surface area (Å²) in [5.74, 6) is 0.856. The molecule has 33 heavy (non-hydrogen) atoms. The van der Waals surface area contributed by atoms with Crippen LogP contribution < -0.4 is 14.8 Å². The molecule has 174 valence electrons. The highest BCUT2D eigenvalue weighted by molar-refractivity contribution is 7.91. The van der Waals surface area contributed by atoms with Gasteiger partial charge in [0.1, 0.15) is 4.21 Å². The van der Waals surface area contributed by atoms with Crippen LogP contribution in [-0.2, 0) is 14.8 Å². The molecule has 1 aromatic carbocycles. The van der Waals surface area contributed by atoms with Gasteiger partial charge in [0.15, 0.2) is 11.5 Å². The summed E-state index contributed by atoms with van der Waals surface area (Å²) in [4.78, 5) is 17.1. The molecular weight excluding hydrogens is 462 g/mol. The van der Waals surface area contributed by atoms with Crippen LogP contribution in [0.2, 0.25) is 0 Å². The Labute approximate surface area is 197 Å². The molecule has 1 unspecified atom stereocenters. The first kappa shape index (κ1) is 23.2. The van der Waals surface area contributed by atoms with Crippen molar-refractivity contribution in [1.29, 1.82) is 0 Å². The van der Waals surface area contributed by atoms with Gasteiger partial charge in [-0.2, -0.15) is 4.31 Å². The van der Waals surface area contributed by atoms with Gasteiger partial charge in [-0.3, -0.25) is 4.79 Å². The van der Waals surface area contributed by atoms with Crippen molar-refractivity contribution in [3.05, 3.63) is 59.6 Å². The predicted octanol–water partition coefficient (Wildman–Crippen LogP) is 4.29. The van der Waals surface area contributed by atoms with Crippen LogP contribution in [0.4, 0.5) is 5.69 Å². The summed E-state index contributed by atoms with van der Waals surface area (Å²) in [7, 11) is -1.99. The summed E-state index contributed by atoms with van der Waals surface area (Å²) < 4.78 is 38.4. The van der Waals surface area contributed by atoms with Crippen molar-refractivity contribution in [2.75, 3.05) is 25.5 Å². The molecule has 0 saturated carbocycles. The van der Waals surface area contributed by atoms with Crippen LogP contribution in [0.5, 0.6) is 17.4 Å². The zero-order valence-electron chi connectivity index (χ0n) is 18.4. The van der Waals surface area contributed by atoms with E-state index in [0.29, 0.717) is 46.7 Å². The highest BCUT2D eigenvalue weighted by atomic mass is 32.2. The van der Waals surface area contributed by atoms with Crippen LogP contribution in [-0.4, -0.2) is 43.8 Å². The number of carbonyl (C=O) groups excluding carboxylic acids is 1. The summed E-state index contributed by atoms with van der Waals surface area (Å²) >= 11 is 1.18. The zero-order valence-corrected chi connectivity index (χ0v) is 20.0. The molecule has 2 aromatic heterocycles. The van der Waals surface area contributed by atoms with Crippen molar-refractivity contribution in [2.24, 2.45) is 5.92 Å². The van der Waals surface area contributed by atoms with Gasteiger partial charge in [0, 0.05) is 19.2 Å². The van der Waals surface area contributed by atoms with E-state index >= 15 is 0 Å². The Balaban J connectivity index is 1.38. The molecule has 1 aliphatic rings. The number of hydrogen-bond acceptors (Lipinski definition) is 7. The molecule has 4 rings (SSSR count). The lowest BCUT2D eigenvalue weighted by atomic mass is 9.99. The summed E-state index contributed by atoms with van der Waals surface area (Å²) in [5, 5.41) is 4.57. The number of amides is 1. The SMILES string of the molecule is COc1cc(C)ccc1Oc1ccc(NC(=O)C2CCCN(S(=O)(=O)c3cccs3)C2)cn1. The van der Waals surface area contributed by atoms with Crippen LogP contribution in [0.15, 0.2) is 58.3 Å². The number of nitrogens with zero attached hydrogens (tertiary/aromatic N) is 2. The lowest BCUT2D eigenvalue weighted by molar-refractivity contribution is -0.120. The fraction of sp³-hybridized carbons (Fsp3) is 0.304. The number of thiophene rings is 1. The topological polar surface area (TPSA) is 97.8 Å². The number of methoxy groups -OCH3 is 1. The first-order chi connectivity index (χ1) is 15.9. The maximum atomic E-state index is 12.8. The lowest BCUT2D eigenvalue weighted by Gasteiger charge is -2.30. The second-order valence-corrected chi connectivity index (χ2v) is 10.9. The molecular formula is C23H25N3O5S2. The first-order valence-electron chi connectivity index (χ1n) is 10.5. The van der Waals surface area contributed by atoms with Crippen LogP contribution in [0.1, 0.15) is 18.4 Å². The molecule has 0 bridgehead atoms. The van der Waals surface area contributed by atoms with Gasteiger partial charge in [0.05, 0.1) is 24.9 Å². The fourth-order valence-corrected chi connectivity index (χ4v) is 6.31. The second kappa shape index (κ2) is 9.90. The minimum atomic E-state index is -3.57. The fourth-order valence-electron chi connectivity index (χ4n) is 3.64. The molecule has 1 N–H and O–H groups in total. The largest absolute Gasteiger partial charge is 0.493 e. The minimum absolute atomic E-state index is 0.161. The van der Waals surface area contributed by atoms with Crippen molar-refractivity contribution in [2.45, 2.75) is 24.0 Å². The van der Waals surface area contributed by atoms with Gasteiger partial charge in [-0.25, -0.2) is 13.4 Å². The second-order valence-electron chi connectivity index (χ2n) is 7.77. The molecule has 0 spiro atoms. The normalized spacial score (nSPS) is 16.8. The Hall–Kier alpha value is -2.95. The van der Waals surface area contributed by atoms with Crippen LogP contribution in [0.3, 0.4) is 0 Å². The van der Waals surface area contributed by atoms with Gasteiger partial charge in [-0.15, -0.1) is 11.3 Å². The van der Waals surface area contributed by atoms with Gasteiger partial charge >= 0.3 is 0 Å². The Morgan fingerprint density at radius 1 is 1.21 bits per heavy atom. The van der Waals surface area contributed by atoms with E-state index < -0.39 is 15.9 Å². The van der Waals surface area contributed by atoms with Gasteiger partial charge in [-0.05, 0) is 55.0 Å². The number of rotatable bonds is 7. The van der Waals surface area contributed by atoms with E-state index in [-0.39, 0.29) is 12.5 Å². The Bertz CT molecular complexity index is 1210. The lowest BCUT2D eigenvalue weighted by Crippen LogP contribution is -2.43. The molecule has 0 radical (unpaired) electrons. The van der Waals surface area contributed by atoms with E-state index in [2.05, 4.69) is 10.3 Å². The van der Waals surface area contributed by atoms with Gasteiger partial charge < -0.3 is 14.8 Å². The average molecular weight is 488 g/mol. The molecule has 10 heteroatoms. The van der Waals surface area contributed by atoms with Crippen molar-refractivity contribution >= 4 is 33.0 Å². The van der Waals surface area contributed by atoms with E-state index in [0.717, 1.165) is 5.56 Å². The number of ether oxygens (including phenoxy) is 2. The van der Waals surface area contributed by atoms with E-state index in [4.69, 9.17) is 9.47 Å². The number of sulfonamides is 1. The van der Waals surface area contributed by atoms with Crippen molar-refractivity contribution in [3.8, 4) is 17.4 Å². The molecule has 1 amide bonds. The highest BCUT2D eigenvalue weighted by Crippen LogP contribution is 2.32. The number of piperidine rings is 1. The van der Waals surface area contributed by atoms with Crippen LogP contribution >= 0.6 is 11.3 Å². The summed E-state index contributed by atoms with van der Waals surface area (Å²) in [6.45, 7) is 2.54. The standard InChI is InChI=1S/C23H25N3O5S2/c1-16-7-9-19(20(13-16)30-2)31-21-10-8-18(14-24-21)25-23(27)17-5-3-11-26(15-17)33(28,29)22-6-4-12-32-22/h4,6-10,12-14,17H,3,5,11,15H2,1-2H3,(H,25,27). The Morgan fingerprint density at radius 3 is 2.76 bits per heavy atom. The quantitative estimate of drug-likeness (QED) is 0.534. The summed E-state index contributed by atoms with van der Waals surface area (Å²) in [5.41, 5.74) is 1.57. The number of benzene rings is 1. The first-order valence-corrected chi connectivity index (χ1v) is 12.8. The number of aryl methyl sites for hydroxylation is 1. The molecule has 3 heterocycles. The molecule has 0 aliphatic carbocycles. The van der Waals surface area contributed by atoms with E-state index in [1.165, 1.54) is 21.8 Å². The molecule has 1 aliphatic heterocycles. The van der Waals surface area contributed by atoms with Crippen LogP contribution in [0.25, 0.3) is 0 Å². The maximum Gasteiger partial charge on any atom is 0.252 e. The Kier molecular flexibility index (Phi) is 6.96. The number of pyridine rings is 1. The third-order valence-corrected chi connectivity index (χ3v) is 8.62. The number of nitrogens with one attached hydrogen (secondary N) is 1. The number of hydrogen-bond donors (Lipinski definition) is 1.